The van der Waals surface area contributed by atoms with E-state index in [0.29, 0.717) is 5.89 Å². The van der Waals surface area contributed by atoms with Gasteiger partial charge in [-0.25, -0.2) is 0 Å². The van der Waals surface area contributed by atoms with Crippen molar-refractivity contribution in [2.75, 3.05) is 13.7 Å². The summed E-state index contributed by atoms with van der Waals surface area (Å²) in [4.78, 5) is 4.28. The first kappa shape index (κ1) is 9.61. The highest BCUT2D eigenvalue weighted by molar-refractivity contribution is 4.97. The lowest BCUT2D eigenvalue weighted by molar-refractivity contribution is 0.116. The summed E-state index contributed by atoms with van der Waals surface area (Å²) >= 11 is 0. The van der Waals surface area contributed by atoms with Gasteiger partial charge in [-0.2, -0.15) is 4.98 Å². The summed E-state index contributed by atoms with van der Waals surface area (Å²) in [5.74, 6) is 1.45. The number of nitrogens with zero attached hydrogens (tertiary/aromatic N) is 2. The molecule has 0 radical (unpaired) electrons. The summed E-state index contributed by atoms with van der Waals surface area (Å²) < 4.78 is 10.4. The third kappa shape index (κ3) is 1.78. The van der Waals surface area contributed by atoms with Crippen molar-refractivity contribution in [3.8, 4) is 0 Å². The Morgan fingerprint density at radius 3 is 3.07 bits per heavy atom. The highest BCUT2D eigenvalue weighted by Gasteiger charge is 2.28. The molecule has 78 valence electrons. The topological polar surface area (TPSA) is 60.2 Å². The van der Waals surface area contributed by atoms with Gasteiger partial charge in [0.2, 0.25) is 5.89 Å². The molecule has 2 heterocycles. The number of methoxy groups -OCH3 is 1. The van der Waals surface area contributed by atoms with E-state index in [0.717, 1.165) is 25.2 Å². The maximum Gasteiger partial charge on any atom is 0.243 e. The number of aromatic nitrogens is 2. The minimum absolute atomic E-state index is 0.160. The van der Waals surface area contributed by atoms with Crippen molar-refractivity contribution in [3.63, 3.8) is 0 Å². The van der Waals surface area contributed by atoms with E-state index in [2.05, 4.69) is 15.5 Å². The van der Waals surface area contributed by atoms with E-state index in [1.54, 1.807) is 7.11 Å². The standard InChI is InChI=1S/C9H15N3O2/c1-3-8-11-9(14-12-8)7-4-6(13-2)5-10-7/h6-7,10H,3-5H2,1-2H3/t6-,7+/m1/s1. The quantitative estimate of drug-likeness (QED) is 0.772. The number of nitrogens with one attached hydrogen (secondary N) is 1. The van der Waals surface area contributed by atoms with Crippen LogP contribution in [-0.4, -0.2) is 29.9 Å². The molecule has 1 aromatic heterocycles. The van der Waals surface area contributed by atoms with Crippen LogP contribution in [0.25, 0.3) is 0 Å². The Kier molecular flexibility index (Phi) is 2.79. The predicted molar refractivity (Wildman–Crippen MR) is 49.8 cm³/mol. The van der Waals surface area contributed by atoms with Crippen molar-refractivity contribution in [3.05, 3.63) is 11.7 Å². The SMILES string of the molecule is CCc1noc([C@@H]2C[C@@H](OC)CN2)n1. The largest absolute Gasteiger partial charge is 0.380 e. The van der Waals surface area contributed by atoms with Crippen molar-refractivity contribution in [2.24, 2.45) is 0 Å². The number of rotatable bonds is 3. The van der Waals surface area contributed by atoms with Crippen molar-refractivity contribution in [2.45, 2.75) is 31.9 Å². The molecule has 2 atom stereocenters. The van der Waals surface area contributed by atoms with E-state index in [-0.39, 0.29) is 12.1 Å². The number of aryl methyl sites for hydroxylation is 1. The zero-order chi connectivity index (χ0) is 9.97. The lowest BCUT2D eigenvalue weighted by Gasteiger charge is -2.04. The number of hydrogen-bond acceptors (Lipinski definition) is 5. The molecule has 1 saturated heterocycles. The van der Waals surface area contributed by atoms with Crippen LogP contribution in [0.3, 0.4) is 0 Å². The zero-order valence-electron chi connectivity index (χ0n) is 8.49. The predicted octanol–water partition coefficient (Wildman–Crippen LogP) is 0.681. The Balaban J connectivity index is 2.02. The van der Waals surface area contributed by atoms with Gasteiger partial charge in [-0.15, -0.1) is 0 Å². The van der Waals surface area contributed by atoms with Crippen LogP contribution in [0.15, 0.2) is 4.52 Å². The molecular formula is C9H15N3O2. The van der Waals surface area contributed by atoms with Gasteiger partial charge in [-0.05, 0) is 6.42 Å². The molecule has 1 aliphatic rings. The molecule has 0 bridgehead atoms. The van der Waals surface area contributed by atoms with E-state index >= 15 is 0 Å². The fourth-order valence-corrected chi connectivity index (χ4v) is 1.62. The van der Waals surface area contributed by atoms with Crippen molar-refractivity contribution >= 4 is 0 Å². The molecule has 0 aliphatic carbocycles. The second kappa shape index (κ2) is 4.06. The van der Waals surface area contributed by atoms with E-state index in [1.807, 2.05) is 6.92 Å². The van der Waals surface area contributed by atoms with Crippen molar-refractivity contribution < 1.29 is 9.26 Å². The van der Waals surface area contributed by atoms with E-state index in [9.17, 15) is 0 Å². The Morgan fingerprint density at radius 2 is 2.50 bits per heavy atom. The first-order valence-electron chi connectivity index (χ1n) is 4.92. The van der Waals surface area contributed by atoms with Crippen LogP contribution < -0.4 is 5.32 Å². The lowest BCUT2D eigenvalue weighted by Crippen LogP contribution is -2.16. The molecule has 0 aromatic carbocycles. The van der Waals surface area contributed by atoms with Gasteiger partial charge in [-0.1, -0.05) is 12.1 Å². The maximum absolute atomic E-state index is 5.24. The Bertz CT molecular complexity index is 300. The van der Waals surface area contributed by atoms with Crippen LogP contribution in [0.1, 0.15) is 31.1 Å². The second-order valence-electron chi connectivity index (χ2n) is 3.46. The van der Waals surface area contributed by atoms with Gasteiger partial charge in [0.05, 0.1) is 12.1 Å². The Labute approximate surface area is 82.8 Å². The fraction of sp³-hybridized carbons (Fsp3) is 0.778. The molecule has 0 spiro atoms. The van der Waals surface area contributed by atoms with E-state index in [4.69, 9.17) is 9.26 Å². The molecule has 1 aliphatic heterocycles. The third-order valence-corrected chi connectivity index (χ3v) is 2.52. The molecule has 0 saturated carbocycles. The van der Waals surface area contributed by atoms with Crippen LogP contribution in [0.5, 0.6) is 0 Å². The minimum Gasteiger partial charge on any atom is -0.380 e. The van der Waals surface area contributed by atoms with Crippen LogP contribution in [-0.2, 0) is 11.2 Å². The summed E-state index contributed by atoms with van der Waals surface area (Å²) in [5, 5.41) is 7.15. The van der Waals surface area contributed by atoms with Gasteiger partial charge < -0.3 is 14.6 Å². The average Bonchev–Trinajstić information content (AvgIpc) is 2.86. The molecule has 5 nitrogen and oxygen atoms in total. The third-order valence-electron chi connectivity index (χ3n) is 2.52. The van der Waals surface area contributed by atoms with Crippen molar-refractivity contribution in [1.82, 2.24) is 15.5 Å². The maximum atomic E-state index is 5.24. The fourth-order valence-electron chi connectivity index (χ4n) is 1.62. The van der Waals surface area contributed by atoms with E-state index < -0.39 is 0 Å². The highest BCUT2D eigenvalue weighted by atomic mass is 16.5. The van der Waals surface area contributed by atoms with Crippen LogP contribution in [0.2, 0.25) is 0 Å². The molecule has 5 heteroatoms. The van der Waals surface area contributed by atoms with Gasteiger partial charge in [0.25, 0.3) is 0 Å². The lowest BCUT2D eigenvalue weighted by atomic mass is 10.2. The normalized spacial score (nSPS) is 27.0. The Morgan fingerprint density at radius 1 is 1.64 bits per heavy atom. The molecule has 0 amide bonds. The molecule has 1 N–H and O–H groups in total. The monoisotopic (exact) mass is 197 g/mol. The first-order valence-corrected chi connectivity index (χ1v) is 4.92. The summed E-state index contributed by atoms with van der Waals surface area (Å²) in [6, 6.07) is 0.160. The molecule has 0 unspecified atom stereocenters. The molecule has 2 rings (SSSR count). The van der Waals surface area contributed by atoms with Gasteiger partial charge >= 0.3 is 0 Å². The Hall–Kier alpha value is -0.940. The smallest absolute Gasteiger partial charge is 0.243 e. The molecular weight excluding hydrogens is 182 g/mol. The highest BCUT2D eigenvalue weighted by Crippen LogP contribution is 2.23. The first-order chi connectivity index (χ1) is 6.83. The summed E-state index contributed by atoms with van der Waals surface area (Å²) in [7, 11) is 1.72. The second-order valence-corrected chi connectivity index (χ2v) is 3.46. The van der Waals surface area contributed by atoms with Crippen LogP contribution in [0.4, 0.5) is 0 Å². The summed E-state index contributed by atoms with van der Waals surface area (Å²) in [6.07, 6.45) is 1.98. The van der Waals surface area contributed by atoms with Gasteiger partial charge in [-0.3, -0.25) is 0 Å². The molecule has 1 fully saturated rings. The number of ether oxygens (including phenoxy) is 1. The summed E-state index contributed by atoms with van der Waals surface area (Å²) in [5.41, 5.74) is 0. The van der Waals surface area contributed by atoms with Crippen molar-refractivity contribution in [1.29, 1.82) is 0 Å². The van der Waals surface area contributed by atoms with Gasteiger partial charge in [0.1, 0.15) is 0 Å². The van der Waals surface area contributed by atoms with Gasteiger partial charge in [0.15, 0.2) is 5.82 Å². The molecule has 14 heavy (non-hydrogen) atoms. The number of hydrogen-bond donors (Lipinski definition) is 1. The average molecular weight is 197 g/mol. The van der Waals surface area contributed by atoms with Gasteiger partial charge in [0, 0.05) is 20.1 Å². The minimum atomic E-state index is 0.160. The van der Waals surface area contributed by atoms with Crippen LogP contribution >= 0.6 is 0 Å². The van der Waals surface area contributed by atoms with E-state index in [1.165, 1.54) is 0 Å². The zero-order valence-corrected chi connectivity index (χ0v) is 8.49. The summed E-state index contributed by atoms with van der Waals surface area (Å²) in [6.45, 7) is 2.86. The molecule has 1 aromatic rings. The van der Waals surface area contributed by atoms with Crippen LogP contribution in [0, 0.1) is 0 Å².